The lowest BCUT2D eigenvalue weighted by Gasteiger charge is -2.18. The molecule has 0 amide bonds. The first kappa shape index (κ1) is 14.4. The van der Waals surface area contributed by atoms with E-state index in [1.165, 1.54) is 6.07 Å². The van der Waals surface area contributed by atoms with E-state index >= 15 is 0 Å². The normalized spacial score (nSPS) is 20.7. The number of hydrogen-bond acceptors (Lipinski definition) is 3. The van der Waals surface area contributed by atoms with E-state index in [-0.39, 0.29) is 11.6 Å². The van der Waals surface area contributed by atoms with Crippen molar-refractivity contribution < 1.29 is 13.5 Å². The summed E-state index contributed by atoms with van der Waals surface area (Å²) >= 11 is 0. The molecule has 1 aliphatic heterocycles. The van der Waals surface area contributed by atoms with Crippen LogP contribution < -0.4 is 11.3 Å². The molecule has 3 N–H and O–H groups in total. The number of ether oxygens (including phenoxy) is 1. The van der Waals surface area contributed by atoms with E-state index in [0.717, 1.165) is 38.4 Å². The summed E-state index contributed by atoms with van der Waals surface area (Å²) in [5, 5.41) is 0. The third-order valence-corrected chi connectivity index (χ3v) is 3.60. The number of nitrogens with two attached hydrogens (primary N) is 1. The molecule has 5 heteroatoms. The van der Waals surface area contributed by atoms with Crippen molar-refractivity contribution in [2.75, 3.05) is 6.61 Å². The SMILES string of the molecule is NNC(CCCC1CCCO1)c1cccc(F)c1F. The maximum atomic E-state index is 13.7. The van der Waals surface area contributed by atoms with E-state index in [1.54, 1.807) is 6.07 Å². The molecule has 3 nitrogen and oxygen atoms in total. The van der Waals surface area contributed by atoms with Crippen molar-refractivity contribution in [3.05, 3.63) is 35.4 Å². The highest BCUT2D eigenvalue weighted by atomic mass is 19.2. The van der Waals surface area contributed by atoms with Crippen LogP contribution in [0.1, 0.15) is 43.7 Å². The minimum Gasteiger partial charge on any atom is -0.378 e. The van der Waals surface area contributed by atoms with Crippen molar-refractivity contribution in [1.82, 2.24) is 5.43 Å². The van der Waals surface area contributed by atoms with Gasteiger partial charge in [-0.05, 0) is 38.2 Å². The van der Waals surface area contributed by atoms with Crippen LogP contribution in [0.3, 0.4) is 0 Å². The van der Waals surface area contributed by atoms with Crippen LogP contribution in [0.15, 0.2) is 18.2 Å². The Morgan fingerprint density at radius 2 is 2.26 bits per heavy atom. The average Bonchev–Trinajstić information content (AvgIpc) is 2.92. The molecule has 1 aromatic rings. The van der Waals surface area contributed by atoms with Gasteiger partial charge in [0.15, 0.2) is 11.6 Å². The van der Waals surface area contributed by atoms with Gasteiger partial charge in [-0.2, -0.15) is 0 Å². The maximum absolute atomic E-state index is 13.7. The average molecular weight is 270 g/mol. The molecule has 0 aliphatic carbocycles. The van der Waals surface area contributed by atoms with Crippen LogP contribution in [0, 0.1) is 11.6 Å². The van der Waals surface area contributed by atoms with Gasteiger partial charge in [-0.25, -0.2) is 8.78 Å². The van der Waals surface area contributed by atoms with E-state index in [9.17, 15) is 8.78 Å². The molecule has 1 fully saturated rings. The van der Waals surface area contributed by atoms with Crippen LogP contribution in [-0.4, -0.2) is 12.7 Å². The fraction of sp³-hybridized carbons (Fsp3) is 0.571. The Morgan fingerprint density at radius 1 is 1.42 bits per heavy atom. The number of rotatable bonds is 6. The minimum absolute atomic E-state index is 0.287. The van der Waals surface area contributed by atoms with Gasteiger partial charge >= 0.3 is 0 Å². The molecule has 19 heavy (non-hydrogen) atoms. The second kappa shape index (κ2) is 6.93. The lowest BCUT2D eigenvalue weighted by molar-refractivity contribution is 0.101. The van der Waals surface area contributed by atoms with Gasteiger partial charge < -0.3 is 4.74 Å². The van der Waals surface area contributed by atoms with E-state index in [2.05, 4.69) is 5.43 Å². The van der Waals surface area contributed by atoms with E-state index in [4.69, 9.17) is 10.6 Å². The Bertz CT molecular complexity index is 408. The zero-order valence-corrected chi connectivity index (χ0v) is 10.9. The zero-order valence-electron chi connectivity index (χ0n) is 10.9. The number of nitrogens with one attached hydrogen (secondary N) is 1. The molecule has 2 unspecified atom stereocenters. The van der Waals surface area contributed by atoms with Gasteiger partial charge in [0.2, 0.25) is 0 Å². The van der Waals surface area contributed by atoms with E-state index in [1.807, 2.05) is 0 Å². The first-order valence-electron chi connectivity index (χ1n) is 6.74. The highest BCUT2D eigenvalue weighted by Gasteiger charge is 2.19. The summed E-state index contributed by atoms with van der Waals surface area (Å²) in [5.74, 6) is 3.79. The number of hydrogen-bond donors (Lipinski definition) is 2. The van der Waals surface area contributed by atoms with Crippen molar-refractivity contribution in [1.29, 1.82) is 0 Å². The molecule has 0 aromatic heterocycles. The van der Waals surface area contributed by atoms with Crippen LogP contribution in [0.25, 0.3) is 0 Å². The molecule has 2 rings (SSSR count). The van der Waals surface area contributed by atoms with Crippen LogP contribution in [0.2, 0.25) is 0 Å². The van der Waals surface area contributed by atoms with Crippen molar-refractivity contribution in [2.45, 2.75) is 44.2 Å². The van der Waals surface area contributed by atoms with Gasteiger partial charge in [-0.15, -0.1) is 0 Å². The molecule has 2 atom stereocenters. The first-order valence-corrected chi connectivity index (χ1v) is 6.74. The largest absolute Gasteiger partial charge is 0.378 e. The molecule has 0 saturated carbocycles. The van der Waals surface area contributed by atoms with Crippen LogP contribution in [-0.2, 0) is 4.74 Å². The third-order valence-electron chi connectivity index (χ3n) is 3.60. The Morgan fingerprint density at radius 3 is 2.95 bits per heavy atom. The molecule has 1 aromatic carbocycles. The van der Waals surface area contributed by atoms with Gasteiger partial charge in [0, 0.05) is 18.2 Å². The number of halogens is 2. The molecule has 0 spiro atoms. The minimum atomic E-state index is -0.836. The summed E-state index contributed by atoms with van der Waals surface area (Å²) in [6.45, 7) is 0.835. The molecule has 0 radical (unpaired) electrons. The summed E-state index contributed by atoms with van der Waals surface area (Å²) < 4.78 is 32.4. The van der Waals surface area contributed by atoms with Crippen molar-refractivity contribution in [2.24, 2.45) is 5.84 Å². The van der Waals surface area contributed by atoms with Gasteiger partial charge in [0.1, 0.15) is 0 Å². The predicted octanol–water partition coefficient (Wildman–Crippen LogP) is 2.82. The monoisotopic (exact) mass is 270 g/mol. The van der Waals surface area contributed by atoms with Crippen LogP contribution in [0.5, 0.6) is 0 Å². The standard InChI is InChI=1S/C14H20F2N2O/c15-12-7-2-6-11(14(12)16)13(18-17)8-1-4-10-5-3-9-19-10/h2,6-7,10,13,18H,1,3-5,8-9,17H2. The second-order valence-electron chi connectivity index (χ2n) is 4.93. The molecular formula is C14H20F2N2O. The van der Waals surface area contributed by atoms with Crippen LogP contribution in [0.4, 0.5) is 8.78 Å². The van der Waals surface area contributed by atoms with Gasteiger partial charge in [-0.3, -0.25) is 11.3 Å². The Kier molecular flexibility index (Phi) is 5.24. The lowest BCUT2D eigenvalue weighted by Crippen LogP contribution is -2.29. The Labute approximate surface area is 112 Å². The molecule has 1 heterocycles. The van der Waals surface area contributed by atoms with Gasteiger partial charge in [0.05, 0.1) is 6.10 Å². The summed E-state index contributed by atoms with van der Waals surface area (Å²) in [4.78, 5) is 0. The lowest BCUT2D eigenvalue weighted by atomic mass is 9.99. The summed E-state index contributed by atoms with van der Waals surface area (Å²) in [6.07, 6.45) is 4.99. The summed E-state index contributed by atoms with van der Waals surface area (Å²) in [5.41, 5.74) is 2.85. The highest BCUT2D eigenvalue weighted by Crippen LogP contribution is 2.25. The van der Waals surface area contributed by atoms with Crippen molar-refractivity contribution in [3.63, 3.8) is 0 Å². The van der Waals surface area contributed by atoms with E-state index < -0.39 is 11.6 Å². The molecule has 106 valence electrons. The first-order chi connectivity index (χ1) is 9.22. The number of benzene rings is 1. The Balaban J connectivity index is 1.90. The summed E-state index contributed by atoms with van der Waals surface area (Å²) in [7, 11) is 0. The fourth-order valence-electron chi connectivity index (χ4n) is 2.54. The van der Waals surface area contributed by atoms with E-state index in [0.29, 0.717) is 12.5 Å². The predicted molar refractivity (Wildman–Crippen MR) is 69.2 cm³/mol. The van der Waals surface area contributed by atoms with Gasteiger partial charge in [0.25, 0.3) is 0 Å². The topological polar surface area (TPSA) is 47.3 Å². The maximum Gasteiger partial charge on any atom is 0.163 e. The third kappa shape index (κ3) is 3.72. The van der Waals surface area contributed by atoms with Crippen molar-refractivity contribution >= 4 is 0 Å². The van der Waals surface area contributed by atoms with Crippen molar-refractivity contribution in [3.8, 4) is 0 Å². The molecular weight excluding hydrogens is 250 g/mol. The molecule has 1 saturated heterocycles. The highest BCUT2D eigenvalue weighted by molar-refractivity contribution is 5.22. The summed E-state index contributed by atoms with van der Waals surface area (Å²) in [6, 6.07) is 3.81. The Hall–Kier alpha value is -1.04. The van der Waals surface area contributed by atoms with Crippen LogP contribution >= 0.6 is 0 Å². The molecule has 1 aliphatic rings. The quantitative estimate of drug-likeness (QED) is 0.617. The second-order valence-corrected chi connectivity index (χ2v) is 4.93. The fourth-order valence-corrected chi connectivity index (χ4v) is 2.54. The molecule has 0 bridgehead atoms. The number of hydrazine groups is 1. The smallest absolute Gasteiger partial charge is 0.163 e. The van der Waals surface area contributed by atoms with Gasteiger partial charge in [-0.1, -0.05) is 12.1 Å². The zero-order chi connectivity index (χ0) is 13.7.